The molecule has 1 amide bonds. The van der Waals surface area contributed by atoms with Gasteiger partial charge in [0.15, 0.2) is 0 Å². The van der Waals surface area contributed by atoms with Crippen molar-refractivity contribution in [1.82, 2.24) is 10.3 Å². The molecule has 0 aromatic carbocycles. The first-order chi connectivity index (χ1) is 8.15. The quantitative estimate of drug-likeness (QED) is 0.691. The molecule has 0 bridgehead atoms. The lowest BCUT2D eigenvalue weighted by atomic mass is 10.2. The number of carbonyl (C=O) groups excluding carboxylic acids is 1. The van der Waals surface area contributed by atoms with Crippen molar-refractivity contribution < 1.29 is 4.79 Å². The fraction of sp³-hybridized carbons (Fsp3) is 0.500. The molecule has 1 aromatic rings. The molecule has 2 fully saturated rings. The molecule has 2 heterocycles. The van der Waals surface area contributed by atoms with Crippen LogP contribution >= 0.6 is 0 Å². The minimum Gasteiger partial charge on any atom is -0.367 e. The van der Waals surface area contributed by atoms with Crippen LogP contribution in [-0.2, 0) is 0 Å². The van der Waals surface area contributed by atoms with Crippen molar-refractivity contribution in [1.29, 1.82) is 0 Å². The molecule has 0 spiro atoms. The van der Waals surface area contributed by atoms with E-state index in [9.17, 15) is 4.79 Å². The minimum atomic E-state index is -0.406. The Morgan fingerprint density at radius 3 is 2.82 bits per heavy atom. The van der Waals surface area contributed by atoms with Gasteiger partial charge in [-0.15, -0.1) is 0 Å². The Balaban J connectivity index is 1.76. The lowest BCUT2D eigenvalue weighted by molar-refractivity contribution is 0.1000. The molecule has 3 rings (SSSR count). The van der Waals surface area contributed by atoms with Gasteiger partial charge in [-0.2, -0.15) is 0 Å². The third kappa shape index (κ3) is 1.86. The SMILES string of the molecule is Cc1cc(C(N)=O)cc(NC2C3CNCC32)n1. The van der Waals surface area contributed by atoms with Gasteiger partial charge >= 0.3 is 0 Å². The molecule has 5 nitrogen and oxygen atoms in total. The number of nitrogens with one attached hydrogen (secondary N) is 2. The Morgan fingerprint density at radius 1 is 1.47 bits per heavy atom. The summed E-state index contributed by atoms with van der Waals surface area (Å²) in [5, 5.41) is 6.74. The summed E-state index contributed by atoms with van der Waals surface area (Å²) in [5.41, 5.74) is 6.62. The van der Waals surface area contributed by atoms with Crippen LogP contribution in [0.2, 0.25) is 0 Å². The van der Waals surface area contributed by atoms with Crippen molar-refractivity contribution in [3.63, 3.8) is 0 Å². The van der Waals surface area contributed by atoms with E-state index in [1.54, 1.807) is 12.1 Å². The first kappa shape index (κ1) is 10.5. The average Bonchev–Trinajstić information content (AvgIpc) is 2.74. The number of nitrogens with zero attached hydrogens (tertiary/aromatic N) is 1. The Hall–Kier alpha value is -1.62. The van der Waals surface area contributed by atoms with Crippen LogP contribution in [0.25, 0.3) is 0 Å². The Bertz CT molecular complexity index is 464. The molecule has 1 saturated carbocycles. The van der Waals surface area contributed by atoms with E-state index in [4.69, 9.17) is 5.73 Å². The number of anilines is 1. The van der Waals surface area contributed by atoms with E-state index in [0.29, 0.717) is 23.4 Å². The van der Waals surface area contributed by atoms with Gasteiger partial charge in [-0.05, 0) is 30.9 Å². The van der Waals surface area contributed by atoms with Gasteiger partial charge in [0.2, 0.25) is 5.91 Å². The van der Waals surface area contributed by atoms with Gasteiger partial charge in [-0.3, -0.25) is 4.79 Å². The highest BCUT2D eigenvalue weighted by Crippen LogP contribution is 2.43. The molecule has 2 unspecified atom stereocenters. The Kier molecular flexibility index (Phi) is 2.29. The number of amides is 1. The Labute approximate surface area is 99.8 Å². The number of hydrogen-bond donors (Lipinski definition) is 3. The maximum Gasteiger partial charge on any atom is 0.248 e. The molecule has 2 atom stereocenters. The van der Waals surface area contributed by atoms with Crippen molar-refractivity contribution in [3.8, 4) is 0 Å². The monoisotopic (exact) mass is 232 g/mol. The molecule has 17 heavy (non-hydrogen) atoms. The van der Waals surface area contributed by atoms with E-state index in [0.717, 1.165) is 24.6 Å². The van der Waals surface area contributed by atoms with E-state index in [1.165, 1.54) is 0 Å². The number of primary amides is 1. The van der Waals surface area contributed by atoms with Gasteiger partial charge in [0.1, 0.15) is 5.82 Å². The maximum absolute atomic E-state index is 11.2. The highest BCUT2D eigenvalue weighted by atomic mass is 16.1. The molecule has 0 radical (unpaired) electrons. The first-order valence-electron chi connectivity index (χ1n) is 5.91. The number of pyridine rings is 1. The predicted molar refractivity (Wildman–Crippen MR) is 64.8 cm³/mol. The normalized spacial score (nSPS) is 29.8. The van der Waals surface area contributed by atoms with E-state index < -0.39 is 5.91 Å². The largest absolute Gasteiger partial charge is 0.367 e. The molecule has 1 aromatic heterocycles. The van der Waals surface area contributed by atoms with Gasteiger partial charge < -0.3 is 16.4 Å². The molecule has 1 aliphatic heterocycles. The van der Waals surface area contributed by atoms with Crippen LogP contribution in [0.15, 0.2) is 12.1 Å². The molecule has 5 heteroatoms. The van der Waals surface area contributed by atoms with Gasteiger partial charge in [-0.25, -0.2) is 4.98 Å². The maximum atomic E-state index is 11.2. The molecule has 4 N–H and O–H groups in total. The molecule has 2 aliphatic rings. The average molecular weight is 232 g/mol. The van der Waals surface area contributed by atoms with E-state index in [2.05, 4.69) is 15.6 Å². The smallest absolute Gasteiger partial charge is 0.248 e. The topological polar surface area (TPSA) is 80.0 Å². The summed E-state index contributed by atoms with van der Waals surface area (Å²) in [7, 11) is 0. The van der Waals surface area contributed by atoms with Gasteiger partial charge in [0.25, 0.3) is 0 Å². The zero-order chi connectivity index (χ0) is 12.0. The third-order valence-electron chi connectivity index (χ3n) is 3.64. The number of carbonyl (C=O) groups is 1. The van der Waals surface area contributed by atoms with Crippen LogP contribution in [0.4, 0.5) is 5.82 Å². The third-order valence-corrected chi connectivity index (χ3v) is 3.64. The van der Waals surface area contributed by atoms with Gasteiger partial charge in [-0.1, -0.05) is 0 Å². The van der Waals surface area contributed by atoms with E-state index >= 15 is 0 Å². The van der Waals surface area contributed by atoms with Crippen molar-refractivity contribution >= 4 is 11.7 Å². The first-order valence-corrected chi connectivity index (χ1v) is 5.91. The Morgan fingerprint density at radius 2 is 2.18 bits per heavy atom. The molecule has 1 aliphatic carbocycles. The minimum absolute atomic E-state index is 0.406. The standard InChI is InChI=1S/C12H16N4O/c1-6-2-7(12(13)17)3-10(15-6)16-11-8-4-14-5-9(8)11/h2-3,8-9,11,14H,4-5H2,1H3,(H2,13,17)(H,15,16). The van der Waals surface area contributed by atoms with Crippen molar-refractivity contribution in [2.24, 2.45) is 17.6 Å². The van der Waals surface area contributed by atoms with Gasteiger partial charge in [0.05, 0.1) is 0 Å². The molecule has 1 saturated heterocycles. The van der Waals surface area contributed by atoms with Crippen LogP contribution < -0.4 is 16.4 Å². The molecular formula is C12H16N4O. The number of hydrogen-bond acceptors (Lipinski definition) is 4. The summed E-state index contributed by atoms with van der Waals surface area (Å²) in [4.78, 5) is 15.5. The predicted octanol–water partition coefficient (Wildman–Crippen LogP) is 0.119. The van der Waals surface area contributed by atoms with Crippen molar-refractivity contribution in [3.05, 3.63) is 23.4 Å². The lowest BCUT2D eigenvalue weighted by Gasteiger charge is -2.09. The zero-order valence-electron chi connectivity index (χ0n) is 9.73. The van der Waals surface area contributed by atoms with Crippen LogP contribution in [0.5, 0.6) is 0 Å². The van der Waals surface area contributed by atoms with E-state index in [1.807, 2.05) is 6.92 Å². The van der Waals surface area contributed by atoms with Crippen molar-refractivity contribution in [2.45, 2.75) is 13.0 Å². The summed E-state index contributed by atoms with van der Waals surface area (Å²) in [5.74, 6) is 1.79. The lowest BCUT2D eigenvalue weighted by Crippen LogP contribution is -2.22. The number of aryl methyl sites for hydroxylation is 1. The van der Waals surface area contributed by atoms with Crippen LogP contribution in [-0.4, -0.2) is 30.0 Å². The number of piperidine rings is 1. The summed E-state index contributed by atoms with van der Waals surface area (Å²) < 4.78 is 0. The number of nitrogens with two attached hydrogens (primary N) is 1. The fourth-order valence-corrected chi connectivity index (χ4v) is 2.69. The highest BCUT2D eigenvalue weighted by Gasteiger charge is 2.53. The van der Waals surface area contributed by atoms with Crippen LogP contribution in [0.1, 0.15) is 16.1 Å². The van der Waals surface area contributed by atoms with Crippen LogP contribution in [0.3, 0.4) is 0 Å². The molecular weight excluding hydrogens is 216 g/mol. The second-order valence-electron chi connectivity index (χ2n) is 4.90. The number of rotatable bonds is 3. The highest BCUT2D eigenvalue weighted by molar-refractivity contribution is 5.93. The number of fused-ring (bicyclic) bond motifs is 1. The summed E-state index contributed by atoms with van der Waals surface area (Å²) in [6, 6.07) is 3.95. The molecule has 90 valence electrons. The summed E-state index contributed by atoms with van der Waals surface area (Å²) >= 11 is 0. The van der Waals surface area contributed by atoms with E-state index in [-0.39, 0.29) is 0 Å². The zero-order valence-corrected chi connectivity index (χ0v) is 9.73. The number of aromatic nitrogens is 1. The second-order valence-corrected chi connectivity index (χ2v) is 4.90. The second kappa shape index (κ2) is 3.70. The van der Waals surface area contributed by atoms with Gasteiger partial charge in [0, 0.05) is 30.4 Å². The summed E-state index contributed by atoms with van der Waals surface area (Å²) in [6.07, 6.45) is 0. The fourth-order valence-electron chi connectivity index (χ4n) is 2.69. The van der Waals surface area contributed by atoms with Crippen molar-refractivity contribution in [2.75, 3.05) is 18.4 Å². The summed E-state index contributed by atoms with van der Waals surface area (Å²) in [6.45, 7) is 4.03. The van der Waals surface area contributed by atoms with Crippen LogP contribution in [0, 0.1) is 18.8 Å².